The Balaban J connectivity index is 2.22. The molecule has 2 heterocycles. The number of aromatic nitrogens is 2. The molecule has 0 bridgehead atoms. The molecule has 1 N–H and O–H groups in total. The average molecular weight is 295 g/mol. The topological polar surface area (TPSA) is 74.9 Å². The van der Waals surface area contributed by atoms with E-state index in [4.69, 9.17) is 5.11 Å². The van der Waals surface area contributed by atoms with Crippen molar-refractivity contribution in [2.24, 2.45) is 5.92 Å². The van der Waals surface area contributed by atoms with Crippen molar-refractivity contribution in [1.82, 2.24) is 14.3 Å². The zero-order valence-electron chi connectivity index (χ0n) is 11.4. The van der Waals surface area contributed by atoms with Crippen molar-refractivity contribution in [1.29, 1.82) is 0 Å². The Morgan fingerprint density at radius 1 is 1.55 bits per heavy atom. The standard InChI is InChI=1S/C13H17N3O3S/c1-9(2)6-15(8-12(18)19)7-10-5-11(17)16-3-4-20-13(16)14-10/h3-5,9H,6-8H2,1-2H3,(H,18,19). The van der Waals surface area contributed by atoms with Crippen LogP contribution in [0.25, 0.3) is 4.96 Å². The lowest BCUT2D eigenvalue weighted by Crippen LogP contribution is -2.33. The number of carbonyl (C=O) groups is 1. The summed E-state index contributed by atoms with van der Waals surface area (Å²) in [6, 6.07) is 1.47. The van der Waals surface area contributed by atoms with Crippen LogP contribution in [-0.2, 0) is 11.3 Å². The number of hydrogen-bond donors (Lipinski definition) is 1. The van der Waals surface area contributed by atoms with Gasteiger partial charge in [0.05, 0.1) is 12.2 Å². The molecule has 2 aromatic rings. The largest absolute Gasteiger partial charge is 0.480 e. The van der Waals surface area contributed by atoms with Crippen LogP contribution in [0.1, 0.15) is 19.5 Å². The third-order valence-corrected chi connectivity index (χ3v) is 3.48. The third-order valence-electron chi connectivity index (χ3n) is 2.72. The molecule has 0 amide bonds. The molecule has 0 unspecified atom stereocenters. The quantitative estimate of drug-likeness (QED) is 0.869. The second-order valence-electron chi connectivity index (χ2n) is 5.10. The van der Waals surface area contributed by atoms with Gasteiger partial charge in [0.25, 0.3) is 5.56 Å². The molecule has 108 valence electrons. The minimum absolute atomic E-state index is 0.0519. The second kappa shape index (κ2) is 6.15. The highest BCUT2D eigenvalue weighted by Gasteiger charge is 2.14. The maximum Gasteiger partial charge on any atom is 0.317 e. The van der Waals surface area contributed by atoms with Crippen LogP contribution in [0.4, 0.5) is 0 Å². The van der Waals surface area contributed by atoms with Gasteiger partial charge in [-0.1, -0.05) is 13.8 Å². The summed E-state index contributed by atoms with van der Waals surface area (Å²) in [4.78, 5) is 29.6. The Morgan fingerprint density at radius 2 is 2.30 bits per heavy atom. The smallest absolute Gasteiger partial charge is 0.317 e. The molecule has 0 aliphatic rings. The van der Waals surface area contributed by atoms with Crippen molar-refractivity contribution < 1.29 is 9.90 Å². The average Bonchev–Trinajstić information content (AvgIpc) is 2.75. The summed E-state index contributed by atoms with van der Waals surface area (Å²) < 4.78 is 1.48. The fraction of sp³-hybridized carbons (Fsp3) is 0.462. The van der Waals surface area contributed by atoms with Crippen molar-refractivity contribution in [3.8, 4) is 0 Å². The number of thiazole rings is 1. The van der Waals surface area contributed by atoms with Gasteiger partial charge in [-0.3, -0.25) is 18.9 Å². The van der Waals surface area contributed by atoms with Crippen molar-refractivity contribution >= 4 is 22.3 Å². The first-order valence-electron chi connectivity index (χ1n) is 6.35. The van der Waals surface area contributed by atoms with Crippen molar-refractivity contribution in [2.75, 3.05) is 13.1 Å². The molecule has 0 fully saturated rings. The van der Waals surface area contributed by atoms with Crippen LogP contribution in [0, 0.1) is 5.92 Å². The van der Waals surface area contributed by atoms with E-state index in [1.165, 1.54) is 21.8 Å². The first kappa shape index (κ1) is 14.7. The molecule has 0 aromatic carbocycles. The molecular formula is C13H17N3O3S. The van der Waals surface area contributed by atoms with E-state index < -0.39 is 5.97 Å². The Hall–Kier alpha value is -1.73. The summed E-state index contributed by atoms with van der Waals surface area (Å²) in [5, 5.41) is 10.7. The molecule has 0 saturated carbocycles. The highest BCUT2D eigenvalue weighted by atomic mass is 32.1. The summed E-state index contributed by atoms with van der Waals surface area (Å²) >= 11 is 1.39. The van der Waals surface area contributed by atoms with Gasteiger partial charge in [-0.05, 0) is 5.92 Å². The van der Waals surface area contributed by atoms with E-state index in [0.29, 0.717) is 29.7 Å². The molecule has 0 saturated heterocycles. The Bertz CT molecular complexity index is 662. The van der Waals surface area contributed by atoms with Gasteiger partial charge in [0, 0.05) is 30.7 Å². The van der Waals surface area contributed by atoms with Crippen LogP contribution in [0.15, 0.2) is 22.4 Å². The first-order valence-corrected chi connectivity index (χ1v) is 7.23. The van der Waals surface area contributed by atoms with E-state index >= 15 is 0 Å². The summed E-state index contributed by atoms with van der Waals surface area (Å²) in [6.45, 7) is 5.02. The third kappa shape index (κ3) is 3.64. The predicted octanol–water partition coefficient (Wildman–Crippen LogP) is 1.30. The number of carboxylic acids is 1. The van der Waals surface area contributed by atoms with Crippen molar-refractivity contribution in [3.63, 3.8) is 0 Å². The first-order chi connectivity index (χ1) is 9.45. The lowest BCUT2D eigenvalue weighted by atomic mass is 10.2. The fourth-order valence-corrected chi connectivity index (χ4v) is 2.83. The van der Waals surface area contributed by atoms with Crippen LogP contribution in [0.2, 0.25) is 0 Å². The molecular weight excluding hydrogens is 278 g/mol. The van der Waals surface area contributed by atoms with Gasteiger partial charge in [-0.2, -0.15) is 0 Å². The van der Waals surface area contributed by atoms with Gasteiger partial charge >= 0.3 is 5.97 Å². The lowest BCUT2D eigenvalue weighted by molar-refractivity contribution is -0.138. The summed E-state index contributed by atoms with van der Waals surface area (Å²) in [5.41, 5.74) is 0.477. The Labute approximate surface area is 120 Å². The molecule has 0 spiro atoms. The molecule has 2 aromatic heterocycles. The maximum absolute atomic E-state index is 11.9. The summed E-state index contributed by atoms with van der Waals surface area (Å²) in [7, 11) is 0. The molecule has 0 atom stereocenters. The molecule has 0 aliphatic carbocycles. The minimum Gasteiger partial charge on any atom is -0.480 e. The Kier molecular flexibility index (Phi) is 4.51. The van der Waals surface area contributed by atoms with Crippen LogP contribution in [0.5, 0.6) is 0 Å². The van der Waals surface area contributed by atoms with Crippen LogP contribution in [0.3, 0.4) is 0 Å². The minimum atomic E-state index is -0.875. The number of aliphatic carboxylic acids is 1. The summed E-state index contributed by atoms with van der Waals surface area (Å²) in [5.74, 6) is -0.527. The summed E-state index contributed by atoms with van der Waals surface area (Å²) in [6.07, 6.45) is 1.68. The van der Waals surface area contributed by atoms with Crippen molar-refractivity contribution in [2.45, 2.75) is 20.4 Å². The van der Waals surface area contributed by atoms with Gasteiger partial charge in [0.15, 0.2) is 4.96 Å². The number of carboxylic acid groups (broad SMARTS) is 1. The lowest BCUT2D eigenvalue weighted by Gasteiger charge is -2.21. The predicted molar refractivity (Wildman–Crippen MR) is 77.1 cm³/mol. The van der Waals surface area contributed by atoms with Crippen molar-refractivity contribution in [3.05, 3.63) is 33.7 Å². The van der Waals surface area contributed by atoms with Gasteiger partial charge < -0.3 is 5.11 Å². The van der Waals surface area contributed by atoms with Gasteiger partial charge in [0.1, 0.15) is 0 Å². The number of fused-ring (bicyclic) bond motifs is 1. The highest BCUT2D eigenvalue weighted by Crippen LogP contribution is 2.09. The zero-order chi connectivity index (χ0) is 14.7. The molecule has 0 radical (unpaired) electrons. The van der Waals surface area contributed by atoms with Crippen LogP contribution >= 0.6 is 11.3 Å². The van der Waals surface area contributed by atoms with Gasteiger partial charge in [0.2, 0.25) is 0 Å². The van der Waals surface area contributed by atoms with Gasteiger partial charge in [-0.15, -0.1) is 11.3 Å². The zero-order valence-corrected chi connectivity index (χ0v) is 12.3. The van der Waals surface area contributed by atoms with Crippen LogP contribution < -0.4 is 5.56 Å². The second-order valence-corrected chi connectivity index (χ2v) is 5.97. The normalized spacial score (nSPS) is 11.6. The van der Waals surface area contributed by atoms with Crippen LogP contribution in [-0.4, -0.2) is 38.4 Å². The van der Waals surface area contributed by atoms with E-state index in [9.17, 15) is 9.59 Å². The fourth-order valence-electron chi connectivity index (χ4n) is 2.09. The van der Waals surface area contributed by atoms with E-state index in [1.807, 2.05) is 13.8 Å². The number of rotatable bonds is 6. The molecule has 7 heteroatoms. The monoisotopic (exact) mass is 295 g/mol. The van der Waals surface area contributed by atoms with E-state index in [1.54, 1.807) is 16.5 Å². The molecule has 2 rings (SSSR count). The molecule has 0 aliphatic heterocycles. The Morgan fingerprint density at radius 3 is 2.95 bits per heavy atom. The van der Waals surface area contributed by atoms with Gasteiger partial charge in [-0.25, -0.2) is 4.98 Å². The van der Waals surface area contributed by atoms with E-state index in [-0.39, 0.29) is 12.1 Å². The highest BCUT2D eigenvalue weighted by molar-refractivity contribution is 7.15. The van der Waals surface area contributed by atoms with E-state index in [0.717, 1.165) is 0 Å². The molecule has 20 heavy (non-hydrogen) atoms. The SMILES string of the molecule is CC(C)CN(CC(=O)O)Cc1cc(=O)n2ccsc2n1. The molecule has 6 nitrogen and oxygen atoms in total. The maximum atomic E-state index is 11.9. The van der Waals surface area contributed by atoms with E-state index in [2.05, 4.69) is 4.98 Å². The number of nitrogens with zero attached hydrogens (tertiary/aromatic N) is 3. The number of hydrogen-bond acceptors (Lipinski definition) is 5.